The number of benzene rings is 1. The quantitative estimate of drug-likeness (QED) is 0.710. The Morgan fingerprint density at radius 2 is 2.29 bits per heavy atom. The summed E-state index contributed by atoms with van der Waals surface area (Å²) in [4.78, 5) is 4.18. The zero-order chi connectivity index (χ0) is 14.7. The van der Waals surface area contributed by atoms with Gasteiger partial charge in [0.1, 0.15) is 11.6 Å². The third kappa shape index (κ3) is 2.42. The highest BCUT2D eigenvalue weighted by Crippen LogP contribution is 2.26. The topological polar surface area (TPSA) is 103 Å². The number of nitriles is 1. The van der Waals surface area contributed by atoms with E-state index in [2.05, 4.69) is 30.9 Å². The van der Waals surface area contributed by atoms with Crippen LogP contribution in [0.2, 0.25) is 0 Å². The van der Waals surface area contributed by atoms with E-state index in [0.717, 1.165) is 22.0 Å². The van der Waals surface area contributed by atoms with E-state index in [9.17, 15) is 0 Å². The number of rotatable bonds is 3. The van der Waals surface area contributed by atoms with Crippen LogP contribution in [0, 0.1) is 18.3 Å². The zero-order valence-electron chi connectivity index (χ0n) is 11.2. The maximum atomic E-state index is 9.15. The lowest BCUT2D eigenvalue weighted by atomic mass is 10.1. The highest BCUT2D eigenvalue weighted by Gasteiger charge is 2.07. The highest BCUT2D eigenvalue weighted by atomic mass is 15.5. The molecule has 0 atom stereocenters. The van der Waals surface area contributed by atoms with Crippen molar-refractivity contribution in [1.82, 2.24) is 25.6 Å². The summed E-state index contributed by atoms with van der Waals surface area (Å²) in [7, 11) is 0. The average molecular weight is 277 g/mol. The summed E-state index contributed by atoms with van der Waals surface area (Å²) in [5, 5.41) is 27.7. The highest BCUT2D eigenvalue weighted by molar-refractivity contribution is 5.96. The predicted octanol–water partition coefficient (Wildman–Crippen LogP) is 2.03. The zero-order valence-corrected chi connectivity index (χ0v) is 11.2. The molecule has 2 N–H and O–H groups in total. The Hall–Kier alpha value is -3.27. The molecule has 3 aromatic rings. The average Bonchev–Trinajstić information content (AvgIpc) is 3.02. The summed E-state index contributed by atoms with van der Waals surface area (Å²) in [5.74, 6) is 0.253. The maximum Gasteiger partial charge on any atom is 0.216 e. The molecule has 0 fully saturated rings. The van der Waals surface area contributed by atoms with Crippen molar-refractivity contribution in [2.24, 2.45) is 0 Å². The van der Waals surface area contributed by atoms with E-state index in [4.69, 9.17) is 5.26 Å². The molecule has 2 aromatic heterocycles. The van der Waals surface area contributed by atoms with Gasteiger partial charge in [0.25, 0.3) is 0 Å². The molecule has 3 rings (SSSR count). The van der Waals surface area contributed by atoms with E-state index in [1.165, 1.54) is 0 Å². The standard InChI is InChI=1S/C14H11N7/c1-9-6-16-7-10-3-2-4-12(13(9)10)17-8-11(5-15)14-18-20-21-19-14/h2-4,6-8,17H,1H3,(H,18,19,20,21). The molecule has 0 aliphatic heterocycles. The smallest absolute Gasteiger partial charge is 0.216 e. The molecule has 7 heteroatoms. The minimum Gasteiger partial charge on any atom is -0.360 e. The third-order valence-electron chi connectivity index (χ3n) is 3.05. The van der Waals surface area contributed by atoms with E-state index in [1.807, 2.05) is 43.6 Å². The number of aromatic amines is 1. The molecule has 0 radical (unpaired) electrons. The van der Waals surface area contributed by atoms with E-state index < -0.39 is 0 Å². The Labute approximate surface area is 120 Å². The summed E-state index contributed by atoms with van der Waals surface area (Å²) in [5.41, 5.74) is 2.25. The van der Waals surface area contributed by atoms with Gasteiger partial charge in [0.2, 0.25) is 5.82 Å². The first-order valence-corrected chi connectivity index (χ1v) is 6.23. The Morgan fingerprint density at radius 3 is 3.05 bits per heavy atom. The number of anilines is 1. The summed E-state index contributed by atoms with van der Waals surface area (Å²) in [6, 6.07) is 7.91. The fraction of sp³-hybridized carbons (Fsp3) is 0.0714. The van der Waals surface area contributed by atoms with Crippen molar-refractivity contribution in [3.05, 3.63) is 48.2 Å². The lowest BCUT2D eigenvalue weighted by Gasteiger charge is -2.08. The number of hydrogen-bond donors (Lipinski definition) is 2. The summed E-state index contributed by atoms with van der Waals surface area (Å²) >= 11 is 0. The Balaban J connectivity index is 2.01. The van der Waals surface area contributed by atoms with Gasteiger partial charge in [-0.15, -0.1) is 10.2 Å². The Bertz CT molecular complexity index is 838. The molecule has 0 spiro atoms. The van der Waals surface area contributed by atoms with Gasteiger partial charge in [-0.25, -0.2) is 0 Å². The van der Waals surface area contributed by atoms with Crippen molar-refractivity contribution in [2.75, 3.05) is 5.32 Å². The molecule has 7 nitrogen and oxygen atoms in total. The Kier molecular flexibility index (Phi) is 3.27. The SMILES string of the molecule is Cc1cncc2cccc(NC=C(C#N)c3nn[nH]n3)c12. The van der Waals surface area contributed by atoms with Crippen molar-refractivity contribution in [1.29, 1.82) is 5.26 Å². The minimum absolute atomic E-state index is 0.253. The van der Waals surface area contributed by atoms with Gasteiger partial charge in [-0.3, -0.25) is 4.98 Å². The molecule has 0 bridgehead atoms. The molecule has 0 saturated carbocycles. The number of fused-ring (bicyclic) bond motifs is 1. The van der Waals surface area contributed by atoms with E-state index in [1.54, 1.807) is 6.20 Å². The first-order valence-electron chi connectivity index (χ1n) is 6.23. The lowest BCUT2D eigenvalue weighted by molar-refractivity contribution is 0.881. The molecule has 102 valence electrons. The number of pyridine rings is 1. The molecule has 21 heavy (non-hydrogen) atoms. The second-order valence-electron chi connectivity index (χ2n) is 4.41. The van der Waals surface area contributed by atoms with Crippen LogP contribution >= 0.6 is 0 Å². The Morgan fingerprint density at radius 1 is 1.38 bits per heavy atom. The van der Waals surface area contributed by atoms with Crippen LogP contribution in [-0.2, 0) is 0 Å². The van der Waals surface area contributed by atoms with Crippen LogP contribution in [0.3, 0.4) is 0 Å². The van der Waals surface area contributed by atoms with E-state index >= 15 is 0 Å². The van der Waals surface area contributed by atoms with Crippen LogP contribution in [0.1, 0.15) is 11.4 Å². The van der Waals surface area contributed by atoms with Gasteiger partial charge < -0.3 is 5.32 Å². The van der Waals surface area contributed by atoms with Crippen molar-refractivity contribution < 1.29 is 0 Å². The first-order chi connectivity index (χ1) is 10.3. The number of aromatic nitrogens is 5. The first kappa shape index (κ1) is 12.7. The molecule has 2 heterocycles. The van der Waals surface area contributed by atoms with Gasteiger partial charge in [0.15, 0.2) is 0 Å². The summed E-state index contributed by atoms with van der Waals surface area (Å²) in [6.07, 6.45) is 5.18. The number of hydrogen-bond acceptors (Lipinski definition) is 6. The van der Waals surface area contributed by atoms with Crippen molar-refractivity contribution in [3.8, 4) is 6.07 Å². The normalized spacial score (nSPS) is 11.3. The molecule has 0 unspecified atom stereocenters. The molecule has 1 aromatic carbocycles. The minimum atomic E-state index is 0.253. The largest absolute Gasteiger partial charge is 0.360 e. The monoisotopic (exact) mass is 277 g/mol. The van der Waals surface area contributed by atoms with Gasteiger partial charge in [-0.2, -0.15) is 10.5 Å². The van der Waals surface area contributed by atoms with Crippen LogP contribution < -0.4 is 5.32 Å². The van der Waals surface area contributed by atoms with Crippen LogP contribution in [-0.4, -0.2) is 25.6 Å². The molecular weight excluding hydrogens is 266 g/mol. The third-order valence-corrected chi connectivity index (χ3v) is 3.05. The van der Waals surface area contributed by atoms with Crippen LogP contribution in [0.25, 0.3) is 16.3 Å². The number of nitrogens with one attached hydrogen (secondary N) is 2. The van der Waals surface area contributed by atoms with Gasteiger partial charge in [0, 0.05) is 35.1 Å². The lowest BCUT2D eigenvalue weighted by Crippen LogP contribution is -1.95. The van der Waals surface area contributed by atoms with Crippen molar-refractivity contribution in [3.63, 3.8) is 0 Å². The van der Waals surface area contributed by atoms with Gasteiger partial charge in [-0.05, 0) is 23.8 Å². The maximum absolute atomic E-state index is 9.15. The van der Waals surface area contributed by atoms with Gasteiger partial charge >= 0.3 is 0 Å². The predicted molar refractivity (Wildman–Crippen MR) is 77.9 cm³/mol. The molecular formula is C14H11N7. The van der Waals surface area contributed by atoms with Crippen molar-refractivity contribution in [2.45, 2.75) is 6.92 Å². The van der Waals surface area contributed by atoms with Crippen LogP contribution in [0.15, 0.2) is 36.8 Å². The van der Waals surface area contributed by atoms with Crippen LogP contribution in [0.4, 0.5) is 5.69 Å². The molecule has 0 amide bonds. The number of H-pyrrole nitrogens is 1. The fourth-order valence-electron chi connectivity index (χ4n) is 2.10. The van der Waals surface area contributed by atoms with E-state index in [-0.39, 0.29) is 5.82 Å². The number of tetrazole rings is 1. The van der Waals surface area contributed by atoms with Crippen molar-refractivity contribution >= 4 is 22.0 Å². The van der Waals surface area contributed by atoms with E-state index in [0.29, 0.717) is 5.57 Å². The number of allylic oxidation sites excluding steroid dienone is 1. The molecule has 0 saturated heterocycles. The van der Waals surface area contributed by atoms with Crippen LogP contribution in [0.5, 0.6) is 0 Å². The second kappa shape index (κ2) is 5.38. The summed E-state index contributed by atoms with van der Waals surface area (Å²) < 4.78 is 0. The second-order valence-corrected chi connectivity index (χ2v) is 4.41. The fourth-order valence-corrected chi connectivity index (χ4v) is 2.10. The van der Waals surface area contributed by atoms with Gasteiger partial charge in [-0.1, -0.05) is 12.1 Å². The number of nitrogens with zero attached hydrogens (tertiary/aromatic N) is 5. The summed E-state index contributed by atoms with van der Waals surface area (Å²) in [6.45, 7) is 1.99. The van der Waals surface area contributed by atoms with Gasteiger partial charge in [0.05, 0.1) is 0 Å². The molecule has 0 aliphatic rings. The number of aryl methyl sites for hydroxylation is 1. The molecule has 0 aliphatic carbocycles.